The minimum atomic E-state index is -4.48. The number of aromatic carboxylic acids is 1. The molecule has 0 atom stereocenters. The Kier molecular flexibility index (Phi) is 4.31. The summed E-state index contributed by atoms with van der Waals surface area (Å²) in [6.45, 7) is 4.25. The fourth-order valence-corrected chi connectivity index (χ4v) is 1.13. The summed E-state index contributed by atoms with van der Waals surface area (Å²) in [5.74, 6) is -1.55. The molecule has 19 heavy (non-hydrogen) atoms. The Bertz CT molecular complexity index is 553. The van der Waals surface area contributed by atoms with Crippen molar-refractivity contribution in [2.75, 3.05) is 0 Å². The van der Waals surface area contributed by atoms with Crippen LogP contribution in [0.1, 0.15) is 23.3 Å². The monoisotopic (exact) mass is 273 g/mol. The molecule has 0 amide bonds. The van der Waals surface area contributed by atoms with Gasteiger partial charge in [-0.1, -0.05) is 18.7 Å². The molecule has 0 unspecified atom stereocenters. The first-order valence-electron chi connectivity index (χ1n) is 5.03. The van der Waals surface area contributed by atoms with E-state index in [0.29, 0.717) is 0 Å². The van der Waals surface area contributed by atoms with E-state index in [2.05, 4.69) is 11.6 Å². The highest BCUT2D eigenvalue weighted by Gasteiger charge is 2.30. The molecule has 0 spiro atoms. The van der Waals surface area contributed by atoms with Crippen molar-refractivity contribution >= 4 is 11.5 Å². The topological polar surface area (TPSA) is 63.3 Å². The van der Waals surface area contributed by atoms with Crippen molar-refractivity contribution in [3.63, 3.8) is 0 Å². The molecule has 1 heterocycles. The van der Waals surface area contributed by atoms with E-state index in [1.165, 1.54) is 12.2 Å². The predicted octanol–water partition coefficient (Wildman–Crippen LogP) is 3.45. The molecule has 0 aliphatic rings. The van der Waals surface area contributed by atoms with Crippen LogP contribution in [0.25, 0.3) is 5.57 Å². The predicted molar refractivity (Wildman–Crippen MR) is 61.4 cm³/mol. The van der Waals surface area contributed by atoms with E-state index in [1.807, 2.05) is 0 Å². The van der Waals surface area contributed by atoms with Crippen LogP contribution in [-0.4, -0.2) is 22.2 Å². The van der Waals surface area contributed by atoms with Crippen LogP contribution in [0.2, 0.25) is 0 Å². The molecule has 1 N–H and O–H groups in total. The minimum absolute atomic E-state index is 0.0164. The number of oxazole rings is 1. The lowest BCUT2D eigenvalue weighted by atomic mass is 10.1. The number of carbonyl (C=O) groups is 1. The fraction of sp³-hybridized carbons (Fsp3) is 0.167. The van der Waals surface area contributed by atoms with Crippen molar-refractivity contribution < 1.29 is 27.5 Å². The van der Waals surface area contributed by atoms with Gasteiger partial charge in [-0.2, -0.15) is 13.2 Å². The number of hydrogen-bond donors (Lipinski definition) is 1. The maximum atomic E-state index is 12.4. The second-order valence-electron chi connectivity index (χ2n) is 3.53. The first-order valence-corrected chi connectivity index (χ1v) is 5.03. The molecule has 1 aromatic rings. The van der Waals surface area contributed by atoms with Crippen LogP contribution < -0.4 is 0 Å². The van der Waals surface area contributed by atoms with Crippen molar-refractivity contribution in [1.29, 1.82) is 0 Å². The number of allylic oxidation sites excluding steroid dienone is 5. The molecule has 0 bridgehead atoms. The Morgan fingerprint density at radius 1 is 1.53 bits per heavy atom. The second-order valence-corrected chi connectivity index (χ2v) is 3.53. The number of halogens is 3. The number of alkyl halides is 3. The minimum Gasteiger partial charge on any atom is -0.476 e. The maximum absolute atomic E-state index is 12.4. The zero-order chi connectivity index (χ0) is 14.6. The Morgan fingerprint density at radius 2 is 2.16 bits per heavy atom. The van der Waals surface area contributed by atoms with Gasteiger partial charge in [-0.05, 0) is 13.0 Å². The van der Waals surface area contributed by atoms with Crippen LogP contribution >= 0.6 is 0 Å². The van der Waals surface area contributed by atoms with Crippen molar-refractivity contribution in [2.24, 2.45) is 0 Å². The smallest absolute Gasteiger partial charge is 0.412 e. The third-order valence-corrected chi connectivity index (χ3v) is 2.09. The lowest BCUT2D eigenvalue weighted by Gasteiger charge is -2.06. The van der Waals surface area contributed by atoms with Gasteiger partial charge < -0.3 is 9.52 Å². The van der Waals surface area contributed by atoms with E-state index in [0.717, 1.165) is 19.3 Å². The fourth-order valence-electron chi connectivity index (χ4n) is 1.13. The highest BCUT2D eigenvalue weighted by Crippen LogP contribution is 2.28. The van der Waals surface area contributed by atoms with Crippen LogP contribution in [0, 0.1) is 0 Å². The zero-order valence-corrected chi connectivity index (χ0v) is 9.86. The first-order chi connectivity index (χ1) is 8.75. The van der Waals surface area contributed by atoms with Crippen LogP contribution in [-0.2, 0) is 0 Å². The van der Waals surface area contributed by atoms with Crippen molar-refractivity contribution in [3.8, 4) is 0 Å². The van der Waals surface area contributed by atoms with Gasteiger partial charge in [0.15, 0.2) is 5.69 Å². The SMILES string of the molecule is C=C/C=C(\C=C(/C)C(F)(F)F)c1nc(C(=O)O)co1. The van der Waals surface area contributed by atoms with E-state index in [4.69, 9.17) is 9.52 Å². The summed E-state index contributed by atoms with van der Waals surface area (Å²) in [7, 11) is 0. The van der Waals surface area contributed by atoms with Crippen LogP contribution in [0.15, 0.2) is 41.1 Å². The van der Waals surface area contributed by atoms with Gasteiger partial charge in [0, 0.05) is 11.1 Å². The number of aromatic nitrogens is 1. The molecular weight excluding hydrogens is 263 g/mol. The Morgan fingerprint density at radius 3 is 2.58 bits per heavy atom. The van der Waals surface area contributed by atoms with Gasteiger partial charge in [-0.15, -0.1) is 0 Å². The largest absolute Gasteiger partial charge is 0.476 e. The average Bonchev–Trinajstić information content (AvgIpc) is 2.76. The Labute approximate surface area is 106 Å². The normalized spacial score (nSPS) is 13.5. The Hall–Kier alpha value is -2.31. The van der Waals surface area contributed by atoms with Crippen molar-refractivity contribution in [3.05, 3.63) is 48.2 Å². The quantitative estimate of drug-likeness (QED) is 0.853. The Balaban J connectivity index is 3.19. The summed E-state index contributed by atoms with van der Waals surface area (Å²) in [6, 6.07) is 0. The van der Waals surface area contributed by atoms with Gasteiger partial charge in [0.1, 0.15) is 6.26 Å². The van der Waals surface area contributed by atoms with Crippen LogP contribution in [0.4, 0.5) is 13.2 Å². The summed E-state index contributed by atoms with van der Waals surface area (Å²) >= 11 is 0. The molecule has 0 saturated heterocycles. The summed E-state index contributed by atoms with van der Waals surface area (Å²) in [6.07, 6.45) is -0.334. The van der Waals surface area contributed by atoms with Gasteiger partial charge >= 0.3 is 12.1 Å². The van der Waals surface area contributed by atoms with E-state index >= 15 is 0 Å². The molecule has 0 saturated carbocycles. The molecule has 102 valence electrons. The van der Waals surface area contributed by atoms with Crippen molar-refractivity contribution in [2.45, 2.75) is 13.1 Å². The van der Waals surface area contributed by atoms with E-state index in [-0.39, 0.29) is 17.2 Å². The van der Waals surface area contributed by atoms with Gasteiger partial charge in [0.05, 0.1) is 0 Å². The van der Waals surface area contributed by atoms with Gasteiger partial charge in [0.2, 0.25) is 5.89 Å². The first kappa shape index (κ1) is 14.7. The molecule has 0 aromatic carbocycles. The molecule has 0 aliphatic carbocycles. The van der Waals surface area contributed by atoms with Gasteiger partial charge in [0.25, 0.3) is 0 Å². The van der Waals surface area contributed by atoms with E-state index < -0.39 is 17.7 Å². The van der Waals surface area contributed by atoms with Crippen molar-refractivity contribution in [1.82, 2.24) is 4.98 Å². The number of carboxylic acids is 1. The molecular formula is C12H10F3NO3. The lowest BCUT2D eigenvalue weighted by Crippen LogP contribution is -2.09. The van der Waals surface area contributed by atoms with Crippen LogP contribution in [0.5, 0.6) is 0 Å². The zero-order valence-electron chi connectivity index (χ0n) is 9.86. The van der Waals surface area contributed by atoms with Crippen LogP contribution in [0.3, 0.4) is 0 Å². The summed E-state index contributed by atoms with van der Waals surface area (Å²) in [4.78, 5) is 14.2. The summed E-state index contributed by atoms with van der Waals surface area (Å²) in [5.41, 5.74) is -1.27. The number of carboxylic acid groups (broad SMARTS) is 1. The highest BCUT2D eigenvalue weighted by molar-refractivity contribution is 5.85. The molecule has 0 radical (unpaired) electrons. The average molecular weight is 273 g/mol. The molecule has 0 aliphatic heterocycles. The van der Waals surface area contributed by atoms with E-state index in [1.54, 1.807) is 0 Å². The molecule has 1 rings (SSSR count). The lowest BCUT2D eigenvalue weighted by molar-refractivity contribution is -0.0912. The van der Waals surface area contributed by atoms with Gasteiger partial charge in [-0.3, -0.25) is 0 Å². The van der Waals surface area contributed by atoms with E-state index in [9.17, 15) is 18.0 Å². The summed E-state index contributed by atoms with van der Waals surface area (Å²) < 4.78 is 42.1. The summed E-state index contributed by atoms with van der Waals surface area (Å²) in [5, 5.41) is 8.66. The molecule has 1 aromatic heterocycles. The molecule has 4 nitrogen and oxygen atoms in total. The standard InChI is InChI=1S/C12H10F3NO3/c1-3-4-8(5-7(2)12(13,14)15)10-16-9(6-19-10)11(17)18/h3-6H,1H2,2H3,(H,17,18)/b7-5+,8-4+. The third kappa shape index (κ3) is 3.84. The molecule has 7 heteroatoms. The van der Waals surface area contributed by atoms with Gasteiger partial charge in [-0.25, -0.2) is 9.78 Å². The third-order valence-electron chi connectivity index (χ3n) is 2.09. The maximum Gasteiger partial charge on any atom is 0.412 e. The number of nitrogens with zero attached hydrogens (tertiary/aromatic N) is 1. The number of hydrogen-bond acceptors (Lipinski definition) is 3. The second kappa shape index (κ2) is 5.55. The molecule has 0 fully saturated rings. The number of rotatable bonds is 4. The highest BCUT2D eigenvalue weighted by atomic mass is 19.4.